The molecule has 0 bridgehead atoms. The summed E-state index contributed by atoms with van der Waals surface area (Å²) in [5.41, 5.74) is 1.40. The van der Waals surface area contributed by atoms with Gasteiger partial charge in [-0.1, -0.05) is 12.1 Å². The van der Waals surface area contributed by atoms with Crippen molar-refractivity contribution in [2.75, 3.05) is 19.9 Å². The lowest BCUT2D eigenvalue weighted by Gasteiger charge is -2.14. The fourth-order valence-electron chi connectivity index (χ4n) is 2.23. The van der Waals surface area contributed by atoms with Crippen molar-refractivity contribution in [2.45, 2.75) is 22.8 Å². The summed E-state index contributed by atoms with van der Waals surface area (Å²) in [4.78, 5) is 1.23. The molecule has 2 N–H and O–H groups in total. The van der Waals surface area contributed by atoms with Crippen LogP contribution in [0.25, 0.3) is 0 Å². The number of aliphatic hydroxyl groups excluding tert-OH is 1. The van der Waals surface area contributed by atoms with Crippen LogP contribution in [0, 0.1) is 6.92 Å². The van der Waals surface area contributed by atoms with Crippen LogP contribution in [0.1, 0.15) is 17.2 Å². The number of hydrogen-bond acceptors (Lipinski definition) is 5. The first-order chi connectivity index (χ1) is 11.4. The van der Waals surface area contributed by atoms with E-state index < -0.39 is 16.1 Å². The number of thioether (sulfide) groups is 1. The first-order valence-corrected chi connectivity index (χ1v) is 10.0. The van der Waals surface area contributed by atoms with E-state index in [1.807, 2.05) is 18.4 Å². The van der Waals surface area contributed by atoms with Gasteiger partial charge < -0.3 is 9.84 Å². The maximum atomic E-state index is 12.4. The number of sulfonamides is 1. The highest BCUT2D eigenvalue weighted by Gasteiger charge is 2.17. The van der Waals surface area contributed by atoms with Gasteiger partial charge in [-0.2, -0.15) is 0 Å². The van der Waals surface area contributed by atoms with Gasteiger partial charge >= 0.3 is 0 Å². The van der Waals surface area contributed by atoms with Crippen molar-refractivity contribution >= 4 is 21.8 Å². The fraction of sp³-hybridized carbons (Fsp3) is 0.294. The van der Waals surface area contributed by atoms with E-state index >= 15 is 0 Å². The van der Waals surface area contributed by atoms with Crippen LogP contribution in [0.3, 0.4) is 0 Å². The highest BCUT2D eigenvalue weighted by Crippen LogP contribution is 2.22. The lowest BCUT2D eigenvalue weighted by Crippen LogP contribution is -2.28. The summed E-state index contributed by atoms with van der Waals surface area (Å²) in [6.45, 7) is 1.69. The van der Waals surface area contributed by atoms with Crippen molar-refractivity contribution in [3.8, 4) is 5.75 Å². The molecule has 0 unspecified atom stereocenters. The Morgan fingerprint density at radius 1 is 1.21 bits per heavy atom. The molecule has 2 aromatic rings. The van der Waals surface area contributed by atoms with Gasteiger partial charge in [0, 0.05) is 11.4 Å². The summed E-state index contributed by atoms with van der Waals surface area (Å²) >= 11 is 1.61. The maximum absolute atomic E-state index is 12.4. The van der Waals surface area contributed by atoms with E-state index in [0.29, 0.717) is 11.3 Å². The number of aryl methyl sites for hydroxylation is 1. The molecule has 0 saturated heterocycles. The predicted octanol–water partition coefficient (Wildman–Crippen LogP) is 2.74. The van der Waals surface area contributed by atoms with Crippen molar-refractivity contribution in [3.63, 3.8) is 0 Å². The van der Waals surface area contributed by atoms with Crippen molar-refractivity contribution < 1.29 is 18.3 Å². The SMILES string of the molecule is COc1ccc(S(=O)(=O)NC[C@@H](O)c2ccc(SC)cc2)cc1C. The molecule has 130 valence electrons. The second kappa shape index (κ2) is 8.02. The van der Waals surface area contributed by atoms with Crippen LogP contribution < -0.4 is 9.46 Å². The third-order valence-electron chi connectivity index (χ3n) is 3.64. The van der Waals surface area contributed by atoms with Crippen molar-refractivity contribution in [1.29, 1.82) is 0 Å². The third-order valence-corrected chi connectivity index (χ3v) is 5.81. The number of ether oxygens (including phenoxy) is 1. The molecule has 0 amide bonds. The Hall–Kier alpha value is -1.54. The average Bonchev–Trinajstić information content (AvgIpc) is 2.59. The molecule has 0 aromatic heterocycles. The summed E-state index contributed by atoms with van der Waals surface area (Å²) in [6, 6.07) is 12.0. The molecule has 0 radical (unpaired) electrons. The first kappa shape index (κ1) is 18.8. The van der Waals surface area contributed by atoms with Crippen LogP contribution in [0.4, 0.5) is 0 Å². The molecule has 0 aliphatic carbocycles. The van der Waals surface area contributed by atoms with E-state index in [1.165, 1.54) is 13.2 Å². The van der Waals surface area contributed by atoms with Crippen LogP contribution in [0.2, 0.25) is 0 Å². The van der Waals surface area contributed by atoms with Gasteiger partial charge in [0.1, 0.15) is 5.75 Å². The molecule has 1 atom stereocenters. The molecule has 5 nitrogen and oxygen atoms in total. The average molecular weight is 367 g/mol. The van der Waals surface area contributed by atoms with Crippen molar-refractivity contribution in [2.24, 2.45) is 0 Å². The van der Waals surface area contributed by atoms with Gasteiger partial charge in [-0.05, 0) is 54.6 Å². The summed E-state index contributed by atoms with van der Waals surface area (Å²) in [5, 5.41) is 10.2. The quantitative estimate of drug-likeness (QED) is 0.736. The molecule has 0 aliphatic heterocycles. The maximum Gasteiger partial charge on any atom is 0.240 e. The molecule has 24 heavy (non-hydrogen) atoms. The minimum atomic E-state index is -3.69. The summed E-state index contributed by atoms with van der Waals surface area (Å²) < 4.78 is 32.3. The monoisotopic (exact) mass is 367 g/mol. The highest BCUT2D eigenvalue weighted by molar-refractivity contribution is 7.98. The van der Waals surface area contributed by atoms with E-state index in [0.717, 1.165) is 10.5 Å². The number of benzene rings is 2. The summed E-state index contributed by atoms with van der Waals surface area (Å²) in [7, 11) is -2.16. The third kappa shape index (κ3) is 4.51. The molecule has 0 heterocycles. The highest BCUT2D eigenvalue weighted by atomic mass is 32.2. The molecule has 0 aliphatic rings. The van der Waals surface area contributed by atoms with E-state index in [4.69, 9.17) is 4.74 Å². The van der Waals surface area contributed by atoms with Crippen LogP contribution in [-0.4, -0.2) is 33.4 Å². The lowest BCUT2D eigenvalue weighted by molar-refractivity contribution is 0.182. The largest absolute Gasteiger partial charge is 0.496 e. The van der Waals surface area contributed by atoms with E-state index in [-0.39, 0.29) is 11.4 Å². The topological polar surface area (TPSA) is 75.6 Å². The van der Waals surface area contributed by atoms with Gasteiger partial charge in [-0.15, -0.1) is 11.8 Å². The van der Waals surface area contributed by atoms with Gasteiger partial charge in [0.05, 0.1) is 18.1 Å². The number of hydrogen-bond donors (Lipinski definition) is 2. The van der Waals surface area contributed by atoms with Gasteiger partial charge in [0.2, 0.25) is 10.0 Å². The summed E-state index contributed by atoms with van der Waals surface area (Å²) in [5.74, 6) is 0.628. The second-order valence-electron chi connectivity index (χ2n) is 5.27. The van der Waals surface area contributed by atoms with Gasteiger partial charge in [0.15, 0.2) is 0 Å². The molecule has 2 rings (SSSR count). The second-order valence-corrected chi connectivity index (χ2v) is 7.92. The lowest BCUT2D eigenvalue weighted by atomic mass is 10.1. The predicted molar refractivity (Wildman–Crippen MR) is 96.1 cm³/mol. The number of aliphatic hydroxyl groups is 1. The fourth-order valence-corrected chi connectivity index (χ4v) is 3.77. The Bertz CT molecular complexity index is 789. The Morgan fingerprint density at radius 2 is 1.88 bits per heavy atom. The van der Waals surface area contributed by atoms with E-state index in [2.05, 4.69) is 4.72 Å². The Balaban J connectivity index is 2.07. The van der Waals surface area contributed by atoms with E-state index in [1.54, 1.807) is 43.0 Å². The molecular formula is C17H21NO4S2. The van der Waals surface area contributed by atoms with Crippen molar-refractivity contribution in [1.82, 2.24) is 4.72 Å². The molecule has 0 spiro atoms. The molecule has 7 heteroatoms. The standard InChI is InChI=1S/C17H21NO4S2/c1-12-10-15(8-9-17(12)22-2)24(20,21)18-11-16(19)13-4-6-14(23-3)7-5-13/h4-10,16,18-19H,11H2,1-3H3/t16-/m1/s1. The molecule has 0 saturated carbocycles. The molecular weight excluding hydrogens is 346 g/mol. The Labute approximate surface area is 147 Å². The number of nitrogens with one attached hydrogen (secondary N) is 1. The van der Waals surface area contributed by atoms with Gasteiger partial charge in [0.25, 0.3) is 0 Å². The van der Waals surface area contributed by atoms with Crippen LogP contribution in [0.5, 0.6) is 5.75 Å². The normalized spacial score (nSPS) is 12.8. The Morgan fingerprint density at radius 3 is 2.42 bits per heavy atom. The van der Waals surface area contributed by atoms with Gasteiger partial charge in [-0.3, -0.25) is 0 Å². The number of methoxy groups -OCH3 is 1. The zero-order chi connectivity index (χ0) is 17.7. The van der Waals surface area contributed by atoms with Crippen LogP contribution in [0.15, 0.2) is 52.3 Å². The Kier molecular flexibility index (Phi) is 6.28. The van der Waals surface area contributed by atoms with Gasteiger partial charge in [-0.25, -0.2) is 13.1 Å². The minimum absolute atomic E-state index is 0.0912. The zero-order valence-electron chi connectivity index (χ0n) is 13.8. The smallest absolute Gasteiger partial charge is 0.240 e. The first-order valence-electron chi connectivity index (χ1n) is 7.33. The van der Waals surface area contributed by atoms with Crippen LogP contribution in [-0.2, 0) is 10.0 Å². The minimum Gasteiger partial charge on any atom is -0.496 e. The van der Waals surface area contributed by atoms with Crippen molar-refractivity contribution in [3.05, 3.63) is 53.6 Å². The number of rotatable bonds is 7. The van der Waals surface area contributed by atoms with E-state index in [9.17, 15) is 13.5 Å². The molecule has 0 fully saturated rings. The zero-order valence-corrected chi connectivity index (χ0v) is 15.4. The van der Waals surface area contributed by atoms with Crippen LogP contribution >= 0.6 is 11.8 Å². The molecule has 2 aromatic carbocycles. The summed E-state index contributed by atoms with van der Waals surface area (Å²) in [6.07, 6.45) is 1.06.